The van der Waals surface area contributed by atoms with Gasteiger partial charge in [0.15, 0.2) is 0 Å². The van der Waals surface area contributed by atoms with Gasteiger partial charge in [0, 0.05) is 11.8 Å². The molecule has 0 saturated heterocycles. The molecule has 2 unspecified atom stereocenters. The van der Waals surface area contributed by atoms with Crippen LogP contribution in [-0.4, -0.2) is 16.9 Å². The van der Waals surface area contributed by atoms with Crippen LogP contribution < -0.4 is 0 Å². The molecule has 0 aliphatic heterocycles. The number of carboxylic acid groups (broad SMARTS) is 1. The summed E-state index contributed by atoms with van der Waals surface area (Å²) < 4.78 is 5.71. The van der Waals surface area contributed by atoms with Crippen LogP contribution in [0.1, 0.15) is 87.2 Å². The molecule has 150 valence electrons. The predicted molar refractivity (Wildman–Crippen MR) is 112 cm³/mol. The Bertz CT molecular complexity index is 721. The van der Waals surface area contributed by atoms with E-state index >= 15 is 0 Å². The van der Waals surface area contributed by atoms with Gasteiger partial charge in [-0.15, -0.1) is 0 Å². The fraction of sp³-hybridized carbons (Fsp3) is 0.560. The van der Waals surface area contributed by atoms with Gasteiger partial charge in [-0.1, -0.05) is 81.0 Å². The molecule has 0 spiro atoms. The molecule has 28 heavy (non-hydrogen) atoms. The highest BCUT2D eigenvalue weighted by Gasteiger charge is 2.47. The van der Waals surface area contributed by atoms with E-state index in [4.69, 9.17) is 4.74 Å². The fourth-order valence-corrected chi connectivity index (χ4v) is 5.69. The third-order valence-corrected chi connectivity index (χ3v) is 7.14. The summed E-state index contributed by atoms with van der Waals surface area (Å²) in [6, 6.07) is 8.95. The molecule has 0 bridgehead atoms. The second-order valence-electron chi connectivity index (χ2n) is 8.78. The van der Waals surface area contributed by atoms with Crippen LogP contribution in [0.3, 0.4) is 0 Å². The first-order chi connectivity index (χ1) is 13.7. The highest BCUT2D eigenvalue weighted by atomic mass is 16.7. The molecular formula is C25H32O3. The van der Waals surface area contributed by atoms with E-state index in [-0.39, 0.29) is 11.8 Å². The van der Waals surface area contributed by atoms with Crippen LogP contribution >= 0.6 is 0 Å². The minimum Gasteiger partial charge on any atom is -0.450 e. The second kappa shape index (κ2) is 8.55. The molecule has 3 aliphatic carbocycles. The highest BCUT2D eigenvalue weighted by Crippen LogP contribution is 2.47. The van der Waals surface area contributed by atoms with Crippen molar-refractivity contribution < 1.29 is 14.6 Å². The molecule has 0 aromatic heterocycles. The van der Waals surface area contributed by atoms with Crippen LogP contribution in [-0.2, 0) is 4.74 Å². The molecular weight excluding hydrogens is 348 g/mol. The van der Waals surface area contributed by atoms with E-state index in [1.54, 1.807) is 0 Å². The van der Waals surface area contributed by atoms with Gasteiger partial charge in [0.05, 0.1) is 0 Å². The van der Waals surface area contributed by atoms with Gasteiger partial charge in [0.25, 0.3) is 0 Å². The van der Waals surface area contributed by atoms with E-state index in [1.807, 2.05) is 18.2 Å². The molecule has 3 aliphatic rings. The van der Waals surface area contributed by atoms with Gasteiger partial charge in [-0.2, -0.15) is 0 Å². The van der Waals surface area contributed by atoms with Crippen LogP contribution in [0.25, 0.3) is 0 Å². The van der Waals surface area contributed by atoms with Crippen molar-refractivity contribution in [3.8, 4) is 0 Å². The molecule has 0 heterocycles. The van der Waals surface area contributed by atoms with Crippen LogP contribution in [0.5, 0.6) is 0 Å². The number of carbonyl (C=O) groups is 1. The number of benzene rings is 1. The normalized spacial score (nSPS) is 28.9. The smallest absolute Gasteiger partial charge is 0.450 e. The molecule has 0 radical (unpaired) electrons. The zero-order chi connectivity index (χ0) is 19.4. The molecule has 0 amide bonds. The van der Waals surface area contributed by atoms with Crippen molar-refractivity contribution in [3.05, 3.63) is 59.7 Å². The third-order valence-electron chi connectivity index (χ3n) is 7.14. The average Bonchev–Trinajstić information content (AvgIpc) is 2.75. The summed E-state index contributed by atoms with van der Waals surface area (Å²) >= 11 is 0. The van der Waals surface area contributed by atoms with Crippen molar-refractivity contribution in [3.63, 3.8) is 0 Å². The van der Waals surface area contributed by atoms with E-state index in [2.05, 4.69) is 30.3 Å². The molecule has 3 heteroatoms. The minimum absolute atomic E-state index is 0.0582. The van der Waals surface area contributed by atoms with Crippen molar-refractivity contribution >= 4 is 6.16 Å². The summed E-state index contributed by atoms with van der Waals surface area (Å²) in [5, 5.41) is 9.56. The van der Waals surface area contributed by atoms with Crippen molar-refractivity contribution in [2.24, 2.45) is 5.92 Å². The van der Waals surface area contributed by atoms with Crippen molar-refractivity contribution in [1.29, 1.82) is 0 Å². The van der Waals surface area contributed by atoms with Gasteiger partial charge >= 0.3 is 6.16 Å². The first-order valence-electron chi connectivity index (χ1n) is 11.1. The van der Waals surface area contributed by atoms with Gasteiger partial charge < -0.3 is 9.84 Å². The van der Waals surface area contributed by atoms with Crippen molar-refractivity contribution in [2.75, 3.05) is 0 Å². The largest absolute Gasteiger partial charge is 0.506 e. The van der Waals surface area contributed by atoms with Gasteiger partial charge in [-0.05, 0) is 48.8 Å². The van der Waals surface area contributed by atoms with Crippen molar-refractivity contribution in [2.45, 2.75) is 81.6 Å². The molecule has 3 nitrogen and oxygen atoms in total. The van der Waals surface area contributed by atoms with E-state index in [9.17, 15) is 9.90 Å². The van der Waals surface area contributed by atoms with Crippen LogP contribution in [0.4, 0.5) is 4.79 Å². The maximum Gasteiger partial charge on any atom is 0.506 e. The summed E-state index contributed by atoms with van der Waals surface area (Å²) in [7, 11) is 0. The Morgan fingerprint density at radius 2 is 1.46 bits per heavy atom. The summed E-state index contributed by atoms with van der Waals surface area (Å²) in [4.78, 5) is 11.7. The third kappa shape index (κ3) is 3.90. The van der Waals surface area contributed by atoms with Crippen LogP contribution in [0.2, 0.25) is 0 Å². The molecule has 2 atom stereocenters. The van der Waals surface area contributed by atoms with Gasteiger partial charge in [-0.3, -0.25) is 0 Å². The van der Waals surface area contributed by atoms with Crippen LogP contribution in [0, 0.1) is 5.92 Å². The topological polar surface area (TPSA) is 46.5 Å². The Morgan fingerprint density at radius 3 is 2.11 bits per heavy atom. The number of hydrogen-bond acceptors (Lipinski definition) is 2. The summed E-state index contributed by atoms with van der Waals surface area (Å²) in [5.41, 5.74) is 1.81. The van der Waals surface area contributed by atoms with Crippen molar-refractivity contribution in [1.82, 2.24) is 0 Å². The number of hydrogen-bond donors (Lipinski definition) is 1. The fourth-order valence-electron chi connectivity index (χ4n) is 5.69. The molecule has 4 rings (SSSR count). The Labute approximate surface area is 168 Å². The van der Waals surface area contributed by atoms with E-state index in [0.717, 1.165) is 31.2 Å². The monoisotopic (exact) mass is 380 g/mol. The van der Waals surface area contributed by atoms with Gasteiger partial charge in [-0.25, -0.2) is 4.79 Å². The first kappa shape index (κ1) is 19.3. The lowest BCUT2D eigenvalue weighted by molar-refractivity contribution is -0.0441. The Balaban J connectivity index is 1.63. The summed E-state index contributed by atoms with van der Waals surface area (Å²) in [6.45, 7) is 0. The first-order valence-corrected chi connectivity index (χ1v) is 11.1. The highest BCUT2D eigenvalue weighted by molar-refractivity contribution is 5.59. The minimum atomic E-state index is -1.17. The molecule has 1 N–H and O–H groups in total. The quantitative estimate of drug-likeness (QED) is 0.574. The van der Waals surface area contributed by atoms with Gasteiger partial charge in [0.1, 0.15) is 5.60 Å². The SMILES string of the molecule is O=C(O)OC1(C2CCCCC2)C=CC=CC1c1ccc(C2CCCCC2)cc1. The van der Waals surface area contributed by atoms with E-state index < -0.39 is 11.8 Å². The van der Waals surface area contributed by atoms with Crippen LogP contribution in [0.15, 0.2) is 48.6 Å². The zero-order valence-electron chi connectivity index (χ0n) is 16.7. The lowest BCUT2D eigenvalue weighted by Crippen LogP contribution is -2.47. The second-order valence-corrected chi connectivity index (χ2v) is 8.78. The lowest BCUT2D eigenvalue weighted by atomic mass is 9.66. The Kier molecular flexibility index (Phi) is 5.89. The lowest BCUT2D eigenvalue weighted by Gasteiger charge is -2.44. The number of ether oxygens (including phenoxy) is 1. The van der Waals surface area contributed by atoms with Gasteiger partial charge in [0.2, 0.25) is 0 Å². The number of rotatable bonds is 4. The molecule has 1 aromatic carbocycles. The predicted octanol–water partition coefficient (Wildman–Crippen LogP) is 6.96. The number of allylic oxidation sites excluding steroid dienone is 2. The van der Waals surface area contributed by atoms with E-state index in [0.29, 0.717) is 5.92 Å². The summed E-state index contributed by atoms with van der Waals surface area (Å²) in [6.07, 6.45) is 19.2. The zero-order valence-corrected chi connectivity index (χ0v) is 16.7. The Hall–Kier alpha value is -2.03. The molecule has 2 saturated carbocycles. The maximum atomic E-state index is 11.7. The maximum absolute atomic E-state index is 11.7. The molecule has 2 fully saturated rings. The standard InChI is InChI=1S/C25H32O3/c26-24(27)28-25(22-11-5-2-6-12-22)18-8-7-13-23(25)21-16-14-20(15-17-21)19-9-3-1-4-10-19/h7-8,13-19,22-23H,1-6,9-12H2,(H,26,27). The summed E-state index contributed by atoms with van der Waals surface area (Å²) in [5.74, 6) is 0.863. The average molecular weight is 381 g/mol. The Morgan fingerprint density at radius 1 is 0.857 bits per heavy atom. The van der Waals surface area contributed by atoms with E-state index in [1.165, 1.54) is 44.1 Å². The molecule has 1 aromatic rings.